The molecule has 0 aliphatic carbocycles. The van der Waals surface area contributed by atoms with E-state index in [0.717, 1.165) is 32.0 Å². The molecule has 21 heavy (non-hydrogen) atoms. The number of pyridine rings is 1. The lowest BCUT2D eigenvalue weighted by atomic mass is 10.2. The van der Waals surface area contributed by atoms with Crippen LogP contribution >= 0.6 is 0 Å². The van der Waals surface area contributed by atoms with Crippen LogP contribution in [-0.2, 0) is 4.74 Å². The molecule has 0 saturated carbocycles. The lowest BCUT2D eigenvalue weighted by molar-refractivity contribution is -0.385. The minimum Gasteiger partial charge on any atom is -0.373 e. The van der Waals surface area contributed by atoms with Crippen LogP contribution in [0.4, 0.5) is 11.5 Å². The highest BCUT2D eigenvalue weighted by molar-refractivity contribution is 5.42. The molecule has 1 aromatic heterocycles. The Bertz CT molecular complexity index is 470. The number of hydrogen-bond donors (Lipinski definition) is 0. The van der Waals surface area contributed by atoms with E-state index < -0.39 is 4.92 Å². The summed E-state index contributed by atoms with van der Waals surface area (Å²) in [6.45, 7) is 7.80. The Morgan fingerprint density at radius 3 is 2.62 bits per heavy atom. The van der Waals surface area contributed by atoms with E-state index in [-0.39, 0.29) is 17.9 Å². The Balaban J connectivity index is 1.86. The van der Waals surface area contributed by atoms with Gasteiger partial charge in [0.15, 0.2) is 0 Å². The Hall–Kier alpha value is -1.73. The van der Waals surface area contributed by atoms with Crippen molar-refractivity contribution in [2.75, 3.05) is 38.1 Å². The maximum Gasteiger partial charge on any atom is 0.287 e. The fourth-order valence-electron chi connectivity index (χ4n) is 2.58. The summed E-state index contributed by atoms with van der Waals surface area (Å²) in [6.07, 6.45) is 1.82. The second kappa shape index (κ2) is 6.82. The fourth-order valence-corrected chi connectivity index (χ4v) is 2.58. The molecule has 0 N–H and O–H groups in total. The smallest absolute Gasteiger partial charge is 0.287 e. The SMILES string of the molecule is C[C@@H]1CN(CCN(C)c2ccc([N+](=O)[O-])cn2)C[C@H](C)O1. The Morgan fingerprint density at radius 1 is 1.43 bits per heavy atom. The highest BCUT2D eigenvalue weighted by atomic mass is 16.6. The summed E-state index contributed by atoms with van der Waals surface area (Å²) in [6, 6.07) is 3.17. The van der Waals surface area contributed by atoms with Gasteiger partial charge in [-0.1, -0.05) is 0 Å². The molecule has 0 bridgehead atoms. The van der Waals surface area contributed by atoms with Gasteiger partial charge in [-0.25, -0.2) is 4.98 Å². The molecule has 2 heterocycles. The average molecular weight is 294 g/mol. The van der Waals surface area contributed by atoms with Gasteiger partial charge in [0.1, 0.15) is 12.0 Å². The molecule has 0 spiro atoms. The first-order chi connectivity index (χ1) is 9.95. The molecule has 0 aromatic carbocycles. The summed E-state index contributed by atoms with van der Waals surface area (Å²) in [5.74, 6) is 0.745. The average Bonchev–Trinajstić information content (AvgIpc) is 2.44. The third kappa shape index (κ3) is 4.37. The molecule has 1 saturated heterocycles. The van der Waals surface area contributed by atoms with Gasteiger partial charge in [-0.15, -0.1) is 0 Å². The third-order valence-corrected chi connectivity index (χ3v) is 3.58. The summed E-state index contributed by atoms with van der Waals surface area (Å²) in [4.78, 5) is 18.7. The Kier molecular flexibility index (Phi) is 5.08. The number of nitro groups is 1. The summed E-state index contributed by atoms with van der Waals surface area (Å²) in [7, 11) is 1.95. The van der Waals surface area contributed by atoms with Crippen molar-refractivity contribution < 1.29 is 9.66 Å². The zero-order chi connectivity index (χ0) is 15.4. The van der Waals surface area contributed by atoms with Crippen LogP contribution in [0.2, 0.25) is 0 Å². The number of hydrogen-bond acceptors (Lipinski definition) is 6. The minimum atomic E-state index is -0.437. The van der Waals surface area contributed by atoms with E-state index in [1.165, 1.54) is 12.3 Å². The van der Waals surface area contributed by atoms with Crippen LogP contribution in [0.1, 0.15) is 13.8 Å². The first-order valence-electron chi connectivity index (χ1n) is 7.15. The van der Waals surface area contributed by atoms with Gasteiger partial charge >= 0.3 is 0 Å². The van der Waals surface area contributed by atoms with Gasteiger partial charge < -0.3 is 9.64 Å². The van der Waals surface area contributed by atoms with Crippen LogP contribution in [0, 0.1) is 10.1 Å². The normalized spacial score (nSPS) is 23.0. The van der Waals surface area contributed by atoms with Gasteiger partial charge in [-0.05, 0) is 19.9 Å². The molecule has 2 atom stereocenters. The summed E-state index contributed by atoms with van der Waals surface area (Å²) in [5, 5.41) is 10.6. The van der Waals surface area contributed by atoms with Crippen molar-refractivity contribution in [2.24, 2.45) is 0 Å². The van der Waals surface area contributed by atoms with Gasteiger partial charge in [-0.3, -0.25) is 15.0 Å². The topological polar surface area (TPSA) is 71.7 Å². The van der Waals surface area contributed by atoms with Gasteiger partial charge in [-0.2, -0.15) is 0 Å². The van der Waals surface area contributed by atoms with E-state index in [9.17, 15) is 10.1 Å². The number of aromatic nitrogens is 1. The van der Waals surface area contributed by atoms with Crippen LogP contribution in [0.5, 0.6) is 0 Å². The van der Waals surface area contributed by atoms with Gasteiger partial charge in [0.05, 0.1) is 17.1 Å². The first-order valence-corrected chi connectivity index (χ1v) is 7.15. The van der Waals surface area contributed by atoms with Crippen molar-refractivity contribution in [3.05, 3.63) is 28.4 Å². The highest BCUT2D eigenvalue weighted by Gasteiger charge is 2.22. The van der Waals surface area contributed by atoms with Crippen molar-refractivity contribution in [2.45, 2.75) is 26.1 Å². The number of nitrogens with zero attached hydrogens (tertiary/aromatic N) is 4. The van der Waals surface area contributed by atoms with E-state index in [0.29, 0.717) is 0 Å². The lowest BCUT2D eigenvalue weighted by Gasteiger charge is -2.36. The molecule has 0 unspecified atom stereocenters. The van der Waals surface area contributed by atoms with E-state index >= 15 is 0 Å². The van der Waals surface area contributed by atoms with E-state index in [2.05, 4.69) is 23.7 Å². The number of anilines is 1. The molecule has 0 radical (unpaired) electrons. The zero-order valence-electron chi connectivity index (χ0n) is 12.7. The molecule has 2 rings (SSSR count). The fraction of sp³-hybridized carbons (Fsp3) is 0.643. The van der Waals surface area contributed by atoms with E-state index in [1.807, 2.05) is 11.9 Å². The summed E-state index contributed by atoms with van der Waals surface area (Å²) >= 11 is 0. The molecule has 1 aliphatic rings. The second-order valence-electron chi connectivity index (χ2n) is 5.57. The molecular weight excluding hydrogens is 272 g/mol. The van der Waals surface area contributed by atoms with Gasteiger partial charge in [0, 0.05) is 39.3 Å². The zero-order valence-corrected chi connectivity index (χ0v) is 12.7. The number of ether oxygens (including phenoxy) is 1. The molecule has 0 amide bonds. The Morgan fingerprint density at radius 2 is 2.10 bits per heavy atom. The quantitative estimate of drug-likeness (QED) is 0.606. The summed E-state index contributed by atoms with van der Waals surface area (Å²) in [5.41, 5.74) is 0.0166. The standard InChI is InChI=1S/C14H22N4O3/c1-11-9-17(10-12(2)21-11)7-6-16(3)14-5-4-13(8-15-14)18(19)20/h4-5,8,11-12H,6-7,9-10H2,1-3H3/t11-,12+. The predicted molar refractivity (Wildman–Crippen MR) is 80.6 cm³/mol. The summed E-state index contributed by atoms with van der Waals surface area (Å²) < 4.78 is 5.71. The number of morpholine rings is 1. The van der Waals surface area contributed by atoms with Gasteiger partial charge in [0.2, 0.25) is 0 Å². The van der Waals surface area contributed by atoms with Crippen LogP contribution in [0.15, 0.2) is 18.3 Å². The molecule has 1 aliphatic heterocycles. The monoisotopic (exact) mass is 294 g/mol. The van der Waals surface area contributed by atoms with Gasteiger partial charge in [0.25, 0.3) is 5.69 Å². The molecule has 7 heteroatoms. The van der Waals surface area contributed by atoms with Crippen molar-refractivity contribution >= 4 is 11.5 Å². The molecule has 1 aromatic rings. The first kappa shape index (κ1) is 15.7. The van der Waals surface area contributed by atoms with E-state index in [1.54, 1.807) is 6.07 Å². The van der Waals surface area contributed by atoms with Crippen LogP contribution in [0.3, 0.4) is 0 Å². The lowest BCUT2D eigenvalue weighted by Crippen LogP contribution is -2.47. The van der Waals surface area contributed by atoms with Crippen molar-refractivity contribution in [1.29, 1.82) is 0 Å². The number of likely N-dealkylation sites (N-methyl/N-ethyl adjacent to an activating group) is 1. The maximum atomic E-state index is 10.6. The predicted octanol–water partition coefficient (Wildman–Crippen LogP) is 1.54. The molecule has 7 nitrogen and oxygen atoms in total. The van der Waals surface area contributed by atoms with Crippen molar-refractivity contribution in [1.82, 2.24) is 9.88 Å². The van der Waals surface area contributed by atoms with Crippen LogP contribution < -0.4 is 4.90 Å². The van der Waals surface area contributed by atoms with E-state index in [4.69, 9.17) is 4.74 Å². The van der Waals surface area contributed by atoms with Crippen molar-refractivity contribution in [3.63, 3.8) is 0 Å². The molecule has 116 valence electrons. The van der Waals surface area contributed by atoms with Crippen LogP contribution in [0.25, 0.3) is 0 Å². The maximum absolute atomic E-state index is 10.6. The largest absolute Gasteiger partial charge is 0.373 e. The Labute approximate surface area is 124 Å². The number of rotatable bonds is 5. The molecular formula is C14H22N4O3. The third-order valence-electron chi connectivity index (χ3n) is 3.58. The molecule has 1 fully saturated rings. The minimum absolute atomic E-state index is 0.0166. The van der Waals surface area contributed by atoms with Crippen LogP contribution in [-0.4, -0.2) is 60.2 Å². The highest BCUT2D eigenvalue weighted by Crippen LogP contribution is 2.15. The van der Waals surface area contributed by atoms with Crippen molar-refractivity contribution in [3.8, 4) is 0 Å². The second-order valence-corrected chi connectivity index (χ2v) is 5.57.